The summed E-state index contributed by atoms with van der Waals surface area (Å²) in [4.78, 5) is 10.7. The molecular formula is C23H21F3N6. The first-order chi connectivity index (χ1) is 15.2. The number of halogens is 3. The average Bonchev–Trinajstić information content (AvgIpc) is 3.31. The predicted molar refractivity (Wildman–Crippen MR) is 120 cm³/mol. The van der Waals surface area contributed by atoms with Gasteiger partial charge in [-0.1, -0.05) is 6.07 Å². The number of hydrogen-bond acceptors (Lipinski definition) is 4. The molecule has 0 bridgehead atoms. The van der Waals surface area contributed by atoms with Gasteiger partial charge in [0.15, 0.2) is 0 Å². The number of aliphatic imine (C=N–C) groups is 1. The molecule has 1 aliphatic heterocycles. The maximum absolute atomic E-state index is 13.6. The highest BCUT2D eigenvalue weighted by Gasteiger charge is 2.40. The van der Waals surface area contributed by atoms with Crippen molar-refractivity contribution in [2.24, 2.45) is 10.7 Å². The van der Waals surface area contributed by atoms with E-state index in [1.54, 1.807) is 6.07 Å². The van der Waals surface area contributed by atoms with Gasteiger partial charge in [0.1, 0.15) is 11.4 Å². The van der Waals surface area contributed by atoms with E-state index in [-0.39, 0.29) is 12.4 Å². The number of H-pyrrole nitrogens is 2. The van der Waals surface area contributed by atoms with E-state index >= 15 is 0 Å². The lowest BCUT2D eigenvalue weighted by Gasteiger charge is -2.31. The van der Waals surface area contributed by atoms with Crippen LogP contribution in [0.2, 0.25) is 0 Å². The second kappa shape index (κ2) is 7.16. The molecule has 3 heterocycles. The number of hydrogen-bond donors (Lipinski definition) is 5. The van der Waals surface area contributed by atoms with Gasteiger partial charge in [-0.05, 0) is 66.4 Å². The molecule has 9 heteroatoms. The molecule has 0 amide bonds. The number of guanidine groups is 1. The number of anilines is 1. The summed E-state index contributed by atoms with van der Waals surface area (Å²) < 4.78 is 40.9. The number of nitrogens with zero attached hydrogens (tertiary/aromatic N) is 1. The van der Waals surface area contributed by atoms with Crippen LogP contribution in [0.1, 0.15) is 11.3 Å². The lowest BCUT2D eigenvalue weighted by molar-refractivity contribution is -0.0958. The van der Waals surface area contributed by atoms with E-state index in [1.165, 1.54) is 0 Å². The van der Waals surface area contributed by atoms with Gasteiger partial charge in [-0.15, -0.1) is 0 Å². The summed E-state index contributed by atoms with van der Waals surface area (Å²) in [6, 6.07) is 14.9. The predicted octanol–water partition coefficient (Wildman–Crippen LogP) is 4.67. The number of benzene rings is 2. The molecule has 4 aromatic rings. The van der Waals surface area contributed by atoms with Crippen molar-refractivity contribution in [3.8, 4) is 0 Å². The van der Waals surface area contributed by atoms with E-state index in [1.807, 2.05) is 55.6 Å². The zero-order valence-corrected chi connectivity index (χ0v) is 17.1. The molecule has 0 radical (unpaired) electrons. The summed E-state index contributed by atoms with van der Waals surface area (Å²) in [6.45, 7) is 1.94. The Kier molecular flexibility index (Phi) is 4.52. The minimum absolute atomic E-state index is 0.0587. The number of aryl methyl sites for hydroxylation is 1. The van der Waals surface area contributed by atoms with Crippen LogP contribution in [0.25, 0.3) is 21.8 Å². The van der Waals surface area contributed by atoms with Gasteiger partial charge in [-0.25, -0.2) is 4.99 Å². The molecule has 0 fully saturated rings. The Hall–Kier alpha value is -3.72. The first-order valence-electron chi connectivity index (χ1n) is 10.1. The highest BCUT2D eigenvalue weighted by Crippen LogP contribution is 2.30. The minimum Gasteiger partial charge on any atom is -0.361 e. The molecule has 6 nitrogen and oxygen atoms in total. The second-order valence-corrected chi connectivity index (χ2v) is 8.09. The van der Waals surface area contributed by atoms with Crippen LogP contribution in [-0.2, 0) is 6.42 Å². The third kappa shape index (κ3) is 3.94. The van der Waals surface area contributed by atoms with Crippen LogP contribution in [0.15, 0.2) is 71.5 Å². The van der Waals surface area contributed by atoms with E-state index in [2.05, 4.69) is 25.6 Å². The molecule has 1 aliphatic rings. The van der Waals surface area contributed by atoms with Gasteiger partial charge in [0.25, 0.3) is 0 Å². The van der Waals surface area contributed by atoms with Crippen molar-refractivity contribution >= 4 is 33.5 Å². The van der Waals surface area contributed by atoms with Crippen LogP contribution in [0.5, 0.6) is 0 Å². The Morgan fingerprint density at radius 3 is 2.66 bits per heavy atom. The molecule has 6 N–H and O–H groups in total. The van der Waals surface area contributed by atoms with Crippen molar-refractivity contribution in [1.82, 2.24) is 15.3 Å². The number of aromatic amines is 2. The van der Waals surface area contributed by atoms with Crippen LogP contribution in [0.3, 0.4) is 0 Å². The van der Waals surface area contributed by atoms with Gasteiger partial charge < -0.3 is 26.3 Å². The zero-order chi connectivity index (χ0) is 22.5. The first kappa shape index (κ1) is 20.2. The standard InChI is InChI=1S/C23H21F3N6/c1-13-8-16-10-17(3-5-19(16)29-13)30-21-31-20(23(24,25)26)12-22(27,32-21)11-14-2-4-18-15(9-14)6-7-28-18/h2-10,12,28-29H,11,27H2,1H3,(H2,30,31,32). The number of fused-ring (bicyclic) bond motifs is 2. The SMILES string of the molecule is Cc1cc2cc(NC3=NC(N)(Cc4ccc5[nH]ccc5c4)C=C(C(F)(F)F)N3)ccc2[nH]1. The minimum atomic E-state index is -4.60. The Balaban J connectivity index is 1.48. The Bertz CT molecular complexity index is 1380. The van der Waals surface area contributed by atoms with E-state index in [0.717, 1.165) is 39.1 Å². The highest BCUT2D eigenvalue weighted by molar-refractivity contribution is 5.98. The lowest BCUT2D eigenvalue weighted by atomic mass is 9.97. The second-order valence-electron chi connectivity index (χ2n) is 8.09. The lowest BCUT2D eigenvalue weighted by Crippen LogP contribution is -2.49. The molecule has 0 aliphatic carbocycles. The van der Waals surface area contributed by atoms with Gasteiger partial charge in [-0.2, -0.15) is 13.2 Å². The molecule has 0 spiro atoms. The fraction of sp³-hybridized carbons (Fsp3) is 0.174. The number of alkyl halides is 3. The zero-order valence-electron chi connectivity index (χ0n) is 17.1. The molecule has 164 valence electrons. The largest absolute Gasteiger partial charge is 0.431 e. The molecule has 0 saturated carbocycles. The molecular weight excluding hydrogens is 417 g/mol. The van der Waals surface area contributed by atoms with Gasteiger partial charge in [0, 0.05) is 40.4 Å². The summed E-state index contributed by atoms with van der Waals surface area (Å²) in [5.41, 5.74) is 8.12. The maximum Gasteiger partial charge on any atom is 0.431 e. The molecule has 1 unspecified atom stereocenters. The monoisotopic (exact) mass is 438 g/mol. The summed E-state index contributed by atoms with van der Waals surface area (Å²) >= 11 is 0. The van der Waals surface area contributed by atoms with Crippen molar-refractivity contribution < 1.29 is 13.2 Å². The smallest absolute Gasteiger partial charge is 0.361 e. The fourth-order valence-electron chi connectivity index (χ4n) is 4.02. The van der Waals surface area contributed by atoms with Crippen molar-refractivity contribution in [1.29, 1.82) is 0 Å². The number of nitrogens with one attached hydrogen (secondary N) is 4. The third-order valence-corrected chi connectivity index (χ3v) is 5.40. The van der Waals surface area contributed by atoms with Crippen LogP contribution in [0, 0.1) is 6.92 Å². The van der Waals surface area contributed by atoms with Crippen molar-refractivity contribution in [3.05, 3.63) is 77.8 Å². The highest BCUT2D eigenvalue weighted by atomic mass is 19.4. The number of rotatable bonds is 3. The summed E-state index contributed by atoms with van der Waals surface area (Å²) in [7, 11) is 0. The molecule has 2 aromatic carbocycles. The van der Waals surface area contributed by atoms with Crippen molar-refractivity contribution in [2.75, 3.05) is 5.32 Å². The average molecular weight is 438 g/mol. The maximum atomic E-state index is 13.6. The molecule has 32 heavy (non-hydrogen) atoms. The number of allylic oxidation sites excluding steroid dienone is 1. The van der Waals surface area contributed by atoms with E-state index < -0.39 is 17.5 Å². The summed E-state index contributed by atoms with van der Waals surface area (Å²) in [5.74, 6) is -0.0587. The Labute approximate surface area is 181 Å². The van der Waals surface area contributed by atoms with E-state index in [9.17, 15) is 13.2 Å². The third-order valence-electron chi connectivity index (χ3n) is 5.40. The Morgan fingerprint density at radius 1 is 1.03 bits per heavy atom. The summed E-state index contributed by atoms with van der Waals surface area (Å²) in [5, 5.41) is 7.19. The normalized spacial score (nSPS) is 19.0. The molecule has 0 saturated heterocycles. The molecule has 2 aromatic heterocycles. The molecule has 1 atom stereocenters. The fourth-order valence-corrected chi connectivity index (χ4v) is 4.02. The molecule has 5 rings (SSSR count). The van der Waals surface area contributed by atoms with E-state index in [4.69, 9.17) is 5.73 Å². The van der Waals surface area contributed by atoms with Gasteiger partial charge in [0.2, 0.25) is 5.96 Å². The van der Waals surface area contributed by atoms with Crippen LogP contribution < -0.4 is 16.4 Å². The van der Waals surface area contributed by atoms with Gasteiger partial charge in [-0.3, -0.25) is 0 Å². The van der Waals surface area contributed by atoms with Crippen LogP contribution in [0.4, 0.5) is 18.9 Å². The van der Waals surface area contributed by atoms with Gasteiger partial charge >= 0.3 is 6.18 Å². The first-order valence-corrected chi connectivity index (χ1v) is 10.1. The number of aromatic nitrogens is 2. The van der Waals surface area contributed by atoms with Crippen LogP contribution in [-0.4, -0.2) is 27.8 Å². The van der Waals surface area contributed by atoms with Gasteiger partial charge in [0.05, 0.1) is 0 Å². The quantitative estimate of drug-likeness (QED) is 0.322. The number of nitrogens with two attached hydrogens (primary N) is 1. The van der Waals surface area contributed by atoms with Crippen LogP contribution >= 0.6 is 0 Å². The van der Waals surface area contributed by atoms with E-state index in [0.29, 0.717) is 5.69 Å². The summed E-state index contributed by atoms with van der Waals surface area (Å²) in [6.07, 6.45) is -1.74. The topological polar surface area (TPSA) is 94.0 Å². The Morgan fingerprint density at radius 2 is 1.84 bits per heavy atom. The van der Waals surface area contributed by atoms with Crippen molar-refractivity contribution in [2.45, 2.75) is 25.2 Å². The van der Waals surface area contributed by atoms with Crippen molar-refractivity contribution in [3.63, 3.8) is 0 Å².